The van der Waals surface area contributed by atoms with Crippen LogP contribution in [0.1, 0.15) is 41.3 Å². The van der Waals surface area contributed by atoms with Crippen LogP contribution in [0, 0.1) is 11.8 Å². The fourth-order valence-electron chi connectivity index (χ4n) is 5.01. The number of benzene rings is 1. The van der Waals surface area contributed by atoms with Crippen molar-refractivity contribution in [2.45, 2.75) is 31.8 Å². The summed E-state index contributed by atoms with van der Waals surface area (Å²) in [6, 6.07) is 2.75. The summed E-state index contributed by atoms with van der Waals surface area (Å²) in [6.07, 6.45) is -0.113. The quantitative estimate of drug-likeness (QED) is 0.172. The van der Waals surface area contributed by atoms with Crippen molar-refractivity contribution in [3.8, 4) is 5.75 Å². The number of Topliss-reactive ketones (excluding diaryl/α,β-unsaturated/α-hetero) is 2. The summed E-state index contributed by atoms with van der Waals surface area (Å²) in [7, 11) is 0. The van der Waals surface area contributed by atoms with Gasteiger partial charge in [-0.05, 0) is 43.4 Å². The summed E-state index contributed by atoms with van der Waals surface area (Å²) < 4.78 is 0. The van der Waals surface area contributed by atoms with Gasteiger partial charge in [-0.3, -0.25) is 14.4 Å². The van der Waals surface area contributed by atoms with Gasteiger partial charge in [0.05, 0.1) is 11.3 Å². The molecule has 0 spiro atoms. The molecule has 3 atom stereocenters. The molecular weight excluding hydrogens is 408 g/mol. The minimum absolute atomic E-state index is 0.0350. The van der Waals surface area contributed by atoms with Crippen LogP contribution in [0.25, 0.3) is 0 Å². The summed E-state index contributed by atoms with van der Waals surface area (Å²) >= 11 is 0. The summed E-state index contributed by atoms with van der Waals surface area (Å²) in [6.45, 7) is 1.52. The number of nitrogens with zero attached hydrogens (tertiary/aromatic N) is 1. The zero-order chi connectivity index (χ0) is 22.8. The predicted octanol–water partition coefficient (Wildman–Crippen LogP) is 0.779. The second-order valence-corrected chi connectivity index (χ2v) is 8.08. The second-order valence-electron chi connectivity index (χ2n) is 8.08. The standard InChI is InChI=1S/C21H20N2O8/c1-7(23-31)10-2-3-12(24)15-11(10)5-8-4-9-6-13(25)16(20(22)29)19(28)21(9,30)18(27)14(8)17(15)26/h2-3,8-9,24-25,27,30-31H,4-6H2,1H3,(H2,22,29)/b23-7-/t8-,9+,21+/m1/s1. The Hall–Kier alpha value is -3.66. The van der Waals surface area contributed by atoms with Crippen molar-refractivity contribution in [2.24, 2.45) is 22.7 Å². The molecule has 0 aromatic heterocycles. The number of oxime groups is 1. The molecule has 0 heterocycles. The van der Waals surface area contributed by atoms with Crippen LogP contribution >= 0.6 is 0 Å². The van der Waals surface area contributed by atoms with Crippen LogP contribution < -0.4 is 5.73 Å². The molecule has 0 bridgehead atoms. The minimum Gasteiger partial charge on any atom is -0.511 e. The van der Waals surface area contributed by atoms with Crippen LogP contribution in [0.3, 0.4) is 0 Å². The summed E-state index contributed by atoms with van der Waals surface area (Å²) in [4.78, 5) is 37.8. The SMILES string of the molecule is C/C(=N/O)c1ccc(O)c2c1C[C@H]1C[C@H]3CC(O)=C(C(N)=O)C(=O)[C@@]3(O)C(O)=C1C2=O. The second kappa shape index (κ2) is 6.67. The zero-order valence-electron chi connectivity index (χ0n) is 16.4. The number of phenols is 1. The number of carbonyl (C=O) groups is 3. The number of aliphatic hydroxyl groups is 3. The number of carbonyl (C=O) groups excluding carboxylic acids is 3. The average molecular weight is 428 g/mol. The Kier molecular flexibility index (Phi) is 4.44. The van der Waals surface area contributed by atoms with E-state index in [1.54, 1.807) is 0 Å². The third-order valence-electron chi connectivity index (χ3n) is 6.49. The molecule has 3 aliphatic carbocycles. The number of aliphatic hydroxyl groups excluding tert-OH is 2. The van der Waals surface area contributed by atoms with E-state index in [1.165, 1.54) is 19.1 Å². The normalized spacial score (nSPS) is 28.3. The van der Waals surface area contributed by atoms with Gasteiger partial charge in [0.1, 0.15) is 22.8 Å². The monoisotopic (exact) mass is 428 g/mol. The van der Waals surface area contributed by atoms with Crippen molar-refractivity contribution in [1.82, 2.24) is 0 Å². The molecule has 7 N–H and O–H groups in total. The number of aromatic hydroxyl groups is 1. The van der Waals surface area contributed by atoms with Gasteiger partial charge in [0.2, 0.25) is 5.78 Å². The third-order valence-corrected chi connectivity index (χ3v) is 6.49. The molecule has 4 rings (SSSR count). The third kappa shape index (κ3) is 2.61. The predicted molar refractivity (Wildman–Crippen MR) is 105 cm³/mol. The van der Waals surface area contributed by atoms with Crippen LogP contribution in [0.5, 0.6) is 5.75 Å². The first-order valence-corrected chi connectivity index (χ1v) is 9.55. The molecule has 0 aliphatic heterocycles. The van der Waals surface area contributed by atoms with Gasteiger partial charge >= 0.3 is 0 Å². The fourth-order valence-corrected chi connectivity index (χ4v) is 5.01. The number of hydrogen-bond acceptors (Lipinski definition) is 9. The van der Waals surface area contributed by atoms with Gasteiger partial charge in [-0.2, -0.15) is 0 Å². The van der Waals surface area contributed by atoms with E-state index in [0.717, 1.165) is 0 Å². The smallest absolute Gasteiger partial charge is 0.255 e. The van der Waals surface area contributed by atoms with E-state index in [9.17, 15) is 34.8 Å². The molecule has 10 heteroatoms. The lowest BCUT2D eigenvalue weighted by Gasteiger charge is -2.45. The number of phenolic OH excluding ortho intramolecular Hbond substituents is 1. The highest BCUT2D eigenvalue weighted by Crippen LogP contribution is 2.51. The van der Waals surface area contributed by atoms with E-state index >= 15 is 0 Å². The lowest BCUT2D eigenvalue weighted by atomic mass is 9.60. The topological polar surface area (TPSA) is 191 Å². The van der Waals surface area contributed by atoms with Crippen molar-refractivity contribution >= 4 is 23.2 Å². The Morgan fingerprint density at radius 3 is 2.48 bits per heavy atom. The number of amides is 1. The first-order valence-electron chi connectivity index (χ1n) is 9.55. The average Bonchev–Trinajstić information content (AvgIpc) is 2.70. The van der Waals surface area contributed by atoms with E-state index in [1.807, 2.05) is 0 Å². The highest BCUT2D eigenvalue weighted by Gasteiger charge is 2.59. The van der Waals surface area contributed by atoms with Crippen molar-refractivity contribution in [2.75, 3.05) is 0 Å². The molecule has 0 unspecified atom stereocenters. The molecule has 10 nitrogen and oxygen atoms in total. The van der Waals surface area contributed by atoms with Crippen molar-refractivity contribution in [3.05, 3.63) is 51.5 Å². The van der Waals surface area contributed by atoms with Gasteiger partial charge in [-0.25, -0.2) is 0 Å². The van der Waals surface area contributed by atoms with E-state index in [4.69, 9.17) is 10.9 Å². The highest BCUT2D eigenvalue weighted by molar-refractivity contribution is 6.24. The minimum atomic E-state index is -2.59. The Bertz CT molecular complexity index is 1160. The molecule has 0 saturated heterocycles. The summed E-state index contributed by atoms with van der Waals surface area (Å²) in [5.74, 6) is -6.80. The maximum atomic E-state index is 13.3. The van der Waals surface area contributed by atoms with Crippen LogP contribution in [0.15, 0.2) is 40.0 Å². The van der Waals surface area contributed by atoms with Gasteiger partial charge in [0.15, 0.2) is 11.4 Å². The summed E-state index contributed by atoms with van der Waals surface area (Å²) in [5, 5.41) is 54.8. The van der Waals surface area contributed by atoms with Gasteiger partial charge in [-0.1, -0.05) is 5.16 Å². The number of fused-ring (bicyclic) bond motifs is 3. The Morgan fingerprint density at radius 2 is 1.87 bits per heavy atom. The van der Waals surface area contributed by atoms with Gasteiger partial charge in [0.25, 0.3) is 5.91 Å². The van der Waals surface area contributed by atoms with Crippen LogP contribution in [-0.4, -0.2) is 54.4 Å². The first kappa shape index (κ1) is 20.6. The summed E-state index contributed by atoms with van der Waals surface area (Å²) in [5.41, 5.74) is 2.44. The first-order chi connectivity index (χ1) is 14.5. The lowest BCUT2D eigenvalue weighted by molar-refractivity contribution is -0.144. The number of hydrogen-bond donors (Lipinski definition) is 6. The lowest BCUT2D eigenvalue weighted by Crippen LogP contribution is -2.57. The number of allylic oxidation sites excluding steroid dienone is 2. The molecular formula is C21H20N2O8. The largest absolute Gasteiger partial charge is 0.511 e. The van der Waals surface area contributed by atoms with E-state index < -0.39 is 52.0 Å². The number of ketones is 2. The molecule has 0 fully saturated rings. The molecule has 1 aromatic carbocycles. The molecule has 0 radical (unpaired) electrons. The fraction of sp³-hybridized carbons (Fsp3) is 0.333. The maximum absolute atomic E-state index is 13.3. The molecule has 1 aromatic rings. The van der Waals surface area contributed by atoms with Crippen LogP contribution in [-0.2, 0) is 16.0 Å². The van der Waals surface area contributed by atoms with Crippen molar-refractivity contribution in [3.63, 3.8) is 0 Å². The van der Waals surface area contributed by atoms with E-state index in [2.05, 4.69) is 5.16 Å². The van der Waals surface area contributed by atoms with Crippen molar-refractivity contribution in [1.29, 1.82) is 0 Å². The van der Waals surface area contributed by atoms with E-state index in [0.29, 0.717) is 11.1 Å². The Morgan fingerprint density at radius 1 is 1.19 bits per heavy atom. The van der Waals surface area contributed by atoms with Gasteiger partial charge < -0.3 is 31.4 Å². The molecule has 1 amide bonds. The molecule has 162 valence electrons. The van der Waals surface area contributed by atoms with Crippen molar-refractivity contribution < 1.29 is 40.0 Å². The van der Waals surface area contributed by atoms with Gasteiger partial charge in [-0.15, -0.1) is 0 Å². The Labute approximate surface area is 175 Å². The maximum Gasteiger partial charge on any atom is 0.255 e. The molecule has 0 saturated carbocycles. The van der Waals surface area contributed by atoms with Crippen LogP contribution in [0.2, 0.25) is 0 Å². The molecule has 3 aliphatic rings. The Balaban J connectivity index is 1.93. The number of rotatable bonds is 2. The molecule has 31 heavy (non-hydrogen) atoms. The van der Waals surface area contributed by atoms with Crippen LogP contribution in [0.4, 0.5) is 0 Å². The van der Waals surface area contributed by atoms with E-state index in [-0.39, 0.29) is 41.9 Å². The number of nitrogens with two attached hydrogens (primary N) is 1. The zero-order valence-corrected chi connectivity index (χ0v) is 16.4. The van der Waals surface area contributed by atoms with Gasteiger partial charge in [0, 0.05) is 23.5 Å². The highest BCUT2D eigenvalue weighted by atomic mass is 16.4. The number of primary amides is 1.